The van der Waals surface area contributed by atoms with Crippen LogP contribution in [0.15, 0.2) is 78.2 Å². The molecular weight excluding hydrogens is 346 g/mol. The van der Waals surface area contributed by atoms with Crippen molar-refractivity contribution >= 4 is 17.3 Å². The van der Waals surface area contributed by atoms with E-state index in [-0.39, 0.29) is 24.6 Å². The zero-order chi connectivity index (χ0) is 19.1. The number of nitrogens with zero attached hydrogens (tertiary/aromatic N) is 4. The van der Waals surface area contributed by atoms with E-state index in [4.69, 9.17) is 0 Å². The van der Waals surface area contributed by atoms with Crippen LogP contribution in [0.3, 0.4) is 0 Å². The van der Waals surface area contributed by atoms with Crippen LogP contribution in [-0.4, -0.2) is 26.3 Å². The Balaban J connectivity index is 1.68. The number of hydrogen-bond donors (Lipinski definition) is 1. The number of nitro groups is 1. The lowest BCUT2D eigenvalue weighted by molar-refractivity contribution is -0.385. The molecule has 27 heavy (non-hydrogen) atoms. The summed E-state index contributed by atoms with van der Waals surface area (Å²) in [6.07, 6.45) is 2.54. The monoisotopic (exact) mass is 363 g/mol. The molecule has 3 rings (SSSR count). The Morgan fingerprint density at radius 1 is 1.07 bits per heavy atom. The van der Waals surface area contributed by atoms with E-state index in [1.54, 1.807) is 0 Å². The Bertz CT molecular complexity index is 910. The van der Waals surface area contributed by atoms with Gasteiger partial charge in [0.25, 0.3) is 0 Å². The zero-order valence-corrected chi connectivity index (χ0v) is 14.4. The summed E-state index contributed by atoms with van der Waals surface area (Å²) in [7, 11) is 0. The van der Waals surface area contributed by atoms with Crippen molar-refractivity contribution in [1.29, 1.82) is 0 Å². The molecule has 0 aliphatic rings. The highest BCUT2D eigenvalue weighted by Crippen LogP contribution is 2.11. The molecule has 0 unspecified atom stereocenters. The summed E-state index contributed by atoms with van der Waals surface area (Å²) >= 11 is 0. The second kappa shape index (κ2) is 8.52. The van der Waals surface area contributed by atoms with Crippen LogP contribution >= 0.6 is 0 Å². The number of hydrazone groups is 1. The van der Waals surface area contributed by atoms with Crippen LogP contribution in [0.2, 0.25) is 0 Å². The smallest absolute Gasteiger partial charge is 0.273 e. The van der Waals surface area contributed by atoms with Crippen LogP contribution in [0.1, 0.15) is 17.5 Å². The first-order valence-corrected chi connectivity index (χ1v) is 8.27. The summed E-state index contributed by atoms with van der Waals surface area (Å²) in [6.45, 7) is 0.223. The minimum absolute atomic E-state index is 0.0964. The SMILES string of the molecule is O=C(CCn1cc([N+](=O)[O-])cn1)NN=C(c1ccccc1)c1ccccc1. The normalized spacial score (nSPS) is 10.2. The highest BCUT2D eigenvalue weighted by atomic mass is 16.6. The molecule has 0 radical (unpaired) electrons. The average molecular weight is 363 g/mol. The third-order valence-electron chi connectivity index (χ3n) is 3.79. The standard InChI is InChI=1S/C19H17N5O3/c25-18(11-12-23-14-17(13-20-23)24(26)27)21-22-19(15-7-3-1-4-8-15)16-9-5-2-6-10-16/h1-10,13-14H,11-12H2,(H,21,25). The molecule has 3 aromatic rings. The van der Waals surface area contributed by atoms with E-state index in [1.165, 1.54) is 10.9 Å². The largest absolute Gasteiger partial charge is 0.306 e. The zero-order valence-electron chi connectivity index (χ0n) is 14.4. The topological polar surface area (TPSA) is 102 Å². The molecule has 8 nitrogen and oxygen atoms in total. The second-order valence-corrected chi connectivity index (χ2v) is 5.70. The van der Waals surface area contributed by atoms with Crippen molar-refractivity contribution in [1.82, 2.24) is 15.2 Å². The molecule has 0 spiro atoms. The predicted octanol–water partition coefficient (Wildman–Crippen LogP) is 2.75. The number of aryl methyl sites for hydroxylation is 1. The molecule has 0 aliphatic heterocycles. The lowest BCUT2D eigenvalue weighted by Crippen LogP contribution is -2.22. The summed E-state index contributed by atoms with van der Waals surface area (Å²) in [5, 5.41) is 18.8. The minimum Gasteiger partial charge on any atom is -0.273 e. The Hall–Kier alpha value is -3.81. The minimum atomic E-state index is -0.528. The van der Waals surface area contributed by atoms with Gasteiger partial charge in [-0.25, -0.2) is 5.43 Å². The van der Waals surface area contributed by atoms with Crippen LogP contribution in [0.4, 0.5) is 5.69 Å². The molecule has 0 aliphatic carbocycles. The lowest BCUT2D eigenvalue weighted by Gasteiger charge is -2.08. The lowest BCUT2D eigenvalue weighted by atomic mass is 10.0. The predicted molar refractivity (Wildman–Crippen MR) is 100 cm³/mol. The van der Waals surface area contributed by atoms with Gasteiger partial charge in [-0.3, -0.25) is 19.6 Å². The first kappa shape index (κ1) is 18.0. The molecule has 8 heteroatoms. The molecule has 2 aromatic carbocycles. The van der Waals surface area contributed by atoms with Gasteiger partial charge in [0.15, 0.2) is 0 Å². The first-order chi connectivity index (χ1) is 13.1. The van der Waals surface area contributed by atoms with Gasteiger partial charge in [-0.05, 0) is 0 Å². The fourth-order valence-electron chi connectivity index (χ4n) is 2.45. The summed E-state index contributed by atoms with van der Waals surface area (Å²) < 4.78 is 1.36. The number of amides is 1. The molecule has 0 saturated heterocycles. The Kier molecular flexibility index (Phi) is 5.68. The Morgan fingerprint density at radius 2 is 1.67 bits per heavy atom. The number of carbonyl (C=O) groups is 1. The molecule has 0 bridgehead atoms. The van der Waals surface area contributed by atoms with E-state index in [1.807, 2.05) is 60.7 Å². The quantitative estimate of drug-likeness (QED) is 0.396. The summed E-state index contributed by atoms with van der Waals surface area (Å²) in [5.74, 6) is -0.308. The van der Waals surface area contributed by atoms with Gasteiger partial charge < -0.3 is 0 Å². The highest BCUT2D eigenvalue weighted by Gasteiger charge is 2.11. The van der Waals surface area contributed by atoms with Crippen LogP contribution < -0.4 is 5.43 Å². The molecule has 136 valence electrons. The molecule has 1 aromatic heterocycles. The summed E-state index contributed by atoms with van der Waals surface area (Å²) in [4.78, 5) is 22.3. The molecule has 1 heterocycles. The van der Waals surface area contributed by atoms with E-state index in [0.717, 1.165) is 17.3 Å². The molecule has 1 N–H and O–H groups in total. The maximum absolute atomic E-state index is 12.1. The second-order valence-electron chi connectivity index (χ2n) is 5.70. The summed E-state index contributed by atoms with van der Waals surface area (Å²) in [5.41, 5.74) is 4.86. The number of rotatable bonds is 7. The van der Waals surface area contributed by atoms with Crippen LogP contribution in [0.25, 0.3) is 0 Å². The third-order valence-corrected chi connectivity index (χ3v) is 3.79. The van der Waals surface area contributed by atoms with Gasteiger partial charge in [-0.1, -0.05) is 60.7 Å². The molecule has 0 saturated carbocycles. The fourth-order valence-corrected chi connectivity index (χ4v) is 2.45. The first-order valence-electron chi connectivity index (χ1n) is 8.27. The number of hydrogen-bond acceptors (Lipinski definition) is 5. The van der Waals surface area contributed by atoms with Gasteiger partial charge in [0.05, 0.1) is 17.2 Å². The van der Waals surface area contributed by atoms with Crippen LogP contribution in [-0.2, 0) is 11.3 Å². The Labute approximate surface area is 155 Å². The van der Waals surface area contributed by atoms with Crippen LogP contribution in [0, 0.1) is 10.1 Å². The van der Waals surface area contributed by atoms with Gasteiger partial charge in [-0.15, -0.1) is 0 Å². The molecule has 0 atom stereocenters. The number of nitrogens with one attached hydrogen (secondary N) is 1. The summed E-state index contributed by atoms with van der Waals surface area (Å²) in [6, 6.07) is 19.1. The van der Waals surface area contributed by atoms with E-state index in [2.05, 4.69) is 15.6 Å². The van der Waals surface area contributed by atoms with Crippen molar-refractivity contribution in [3.8, 4) is 0 Å². The molecule has 1 amide bonds. The van der Waals surface area contributed by atoms with Crippen molar-refractivity contribution in [3.05, 3.63) is 94.3 Å². The van der Waals surface area contributed by atoms with E-state index < -0.39 is 4.92 Å². The van der Waals surface area contributed by atoms with Crippen molar-refractivity contribution < 1.29 is 9.72 Å². The fraction of sp³-hybridized carbons (Fsp3) is 0.105. The average Bonchev–Trinajstić information content (AvgIpc) is 3.18. The maximum Gasteiger partial charge on any atom is 0.306 e. The van der Waals surface area contributed by atoms with Gasteiger partial charge >= 0.3 is 5.69 Å². The van der Waals surface area contributed by atoms with Crippen molar-refractivity contribution in [2.24, 2.45) is 5.10 Å². The van der Waals surface area contributed by atoms with E-state index >= 15 is 0 Å². The van der Waals surface area contributed by atoms with Crippen molar-refractivity contribution in [2.75, 3.05) is 0 Å². The van der Waals surface area contributed by atoms with Gasteiger partial charge in [0, 0.05) is 17.5 Å². The Morgan fingerprint density at radius 3 is 2.19 bits per heavy atom. The number of aromatic nitrogens is 2. The van der Waals surface area contributed by atoms with Crippen molar-refractivity contribution in [2.45, 2.75) is 13.0 Å². The van der Waals surface area contributed by atoms with Gasteiger partial charge in [-0.2, -0.15) is 10.2 Å². The van der Waals surface area contributed by atoms with Crippen molar-refractivity contribution in [3.63, 3.8) is 0 Å². The molecular formula is C19H17N5O3. The highest BCUT2D eigenvalue weighted by molar-refractivity contribution is 6.13. The number of carbonyl (C=O) groups excluding carboxylic acids is 1. The third kappa shape index (κ3) is 4.85. The van der Waals surface area contributed by atoms with Crippen LogP contribution in [0.5, 0.6) is 0 Å². The van der Waals surface area contributed by atoms with Gasteiger partial charge in [0.1, 0.15) is 12.4 Å². The van der Waals surface area contributed by atoms with Gasteiger partial charge in [0.2, 0.25) is 5.91 Å². The number of benzene rings is 2. The molecule has 0 fully saturated rings. The maximum atomic E-state index is 12.1. The van der Waals surface area contributed by atoms with E-state index in [9.17, 15) is 14.9 Å². The van der Waals surface area contributed by atoms with E-state index in [0.29, 0.717) is 5.71 Å².